The van der Waals surface area contributed by atoms with Crippen molar-refractivity contribution < 1.29 is 19.1 Å². The summed E-state index contributed by atoms with van der Waals surface area (Å²) in [5.41, 5.74) is 2.41. The lowest BCUT2D eigenvalue weighted by atomic mass is 10.1. The molecule has 0 aliphatic carbocycles. The highest BCUT2D eigenvalue weighted by atomic mass is 79.9. The molecule has 0 amide bonds. The van der Waals surface area contributed by atoms with Gasteiger partial charge in [0.1, 0.15) is 5.75 Å². The highest BCUT2D eigenvalue weighted by Crippen LogP contribution is 2.16. The molecule has 0 aliphatic rings. The highest BCUT2D eigenvalue weighted by molar-refractivity contribution is 9.10. The van der Waals surface area contributed by atoms with Crippen LogP contribution in [0, 0.1) is 13.8 Å². The van der Waals surface area contributed by atoms with Crippen LogP contribution in [0.25, 0.3) is 0 Å². The first kappa shape index (κ1) is 17.3. The molecule has 0 N–H and O–H groups in total. The normalized spacial score (nSPS) is 10.4. The van der Waals surface area contributed by atoms with Crippen LogP contribution in [0.5, 0.6) is 5.75 Å². The Morgan fingerprint density at radius 1 is 1.13 bits per heavy atom. The molecular formula is C17H18BrNO4. The van der Waals surface area contributed by atoms with Crippen LogP contribution < -0.4 is 4.74 Å². The van der Waals surface area contributed by atoms with E-state index >= 15 is 0 Å². The van der Waals surface area contributed by atoms with Crippen molar-refractivity contribution in [3.05, 3.63) is 51.8 Å². The van der Waals surface area contributed by atoms with Crippen molar-refractivity contribution in [3.8, 4) is 5.75 Å². The summed E-state index contributed by atoms with van der Waals surface area (Å²) >= 11 is 3.31. The standard InChI is InChI=1S/C17H18BrNO4/c1-11-8-15(12(2)19(11)3)16(20)9-23-17(21)10-22-14-6-4-13(18)5-7-14/h4-8H,9-10H2,1-3H3. The summed E-state index contributed by atoms with van der Waals surface area (Å²) in [6, 6.07) is 8.89. The topological polar surface area (TPSA) is 57.5 Å². The van der Waals surface area contributed by atoms with E-state index in [1.807, 2.05) is 37.6 Å². The number of carbonyl (C=O) groups excluding carboxylic acids is 2. The molecule has 0 saturated carbocycles. The minimum Gasteiger partial charge on any atom is -0.482 e. The quantitative estimate of drug-likeness (QED) is 0.571. The van der Waals surface area contributed by atoms with E-state index in [4.69, 9.17) is 9.47 Å². The zero-order valence-electron chi connectivity index (χ0n) is 13.3. The highest BCUT2D eigenvalue weighted by Gasteiger charge is 2.16. The molecule has 6 heteroatoms. The smallest absolute Gasteiger partial charge is 0.344 e. The predicted octanol–water partition coefficient (Wildman–Crippen LogP) is 3.21. The molecule has 0 radical (unpaired) electrons. The van der Waals surface area contributed by atoms with Crippen LogP contribution in [0.15, 0.2) is 34.8 Å². The molecule has 5 nitrogen and oxygen atoms in total. The fraction of sp³-hybridized carbons (Fsp3) is 0.294. The summed E-state index contributed by atoms with van der Waals surface area (Å²) < 4.78 is 13.1. The van der Waals surface area contributed by atoms with Crippen LogP contribution in [0.4, 0.5) is 0 Å². The third-order valence-electron chi connectivity index (χ3n) is 3.61. The van der Waals surface area contributed by atoms with Gasteiger partial charge < -0.3 is 14.0 Å². The number of halogens is 1. The summed E-state index contributed by atoms with van der Waals surface area (Å²) in [7, 11) is 1.89. The van der Waals surface area contributed by atoms with Crippen molar-refractivity contribution in [1.29, 1.82) is 0 Å². The van der Waals surface area contributed by atoms with Gasteiger partial charge in [0.2, 0.25) is 5.78 Å². The molecule has 1 aromatic heterocycles. The van der Waals surface area contributed by atoms with Gasteiger partial charge in [0.15, 0.2) is 13.2 Å². The van der Waals surface area contributed by atoms with Crippen LogP contribution in [-0.2, 0) is 16.6 Å². The molecule has 1 aromatic carbocycles. The molecule has 122 valence electrons. The fourth-order valence-corrected chi connectivity index (χ4v) is 2.34. The maximum Gasteiger partial charge on any atom is 0.344 e. The lowest BCUT2D eigenvalue weighted by molar-refractivity contribution is -0.144. The minimum absolute atomic E-state index is 0.219. The van der Waals surface area contributed by atoms with Gasteiger partial charge in [0, 0.05) is 28.5 Å². The first-order valence-electron chi connectivity index (χ1n) is 7.08. The summed E-state index contributed by atoms with van der Waals surface area (Å²) in [6.07, 6.45) is 0. The molecule has 0 unspecified atom stereocenters. The van der Waals surface area contributed by atoms with Gasteiger partial charge in [-0.3, -0.25) is 4.79 Å². The number of esters is 1. The van der Waals surface area contributed by atoms with E-state index in [0.717, 1.165) is 15.9 Å². The van der Waals surface area contributed by atoms with E-state index in [-0.39, 0.29) is 19.0 Å². The maximum absolute atomic E-state index is 12.1. The van der Waals surface area contributed by atoms with Gasteiger partial charge >= 0.3 is 5.97 Å². The van der Waals surface area contributed by atoms with Gasteiger partial charge in [0.25, 0.3) is 0 Å². The molecule has 0 spiro atoms. The van der Waals surface area contributed by atoms with Gasteiger partial charge in [-0.25, -0.2) is 4.79 Å². The zero-order valence-corrected chi connectivity index (χ0v) is 14.8. The van der Waals surface area contributed by atoms with Gasteiger partial charge in [-0.15, -0.1) is 0 Å². The molecule has 0 atom stereocenters. The number of aromatic nitrogens is 1. The average molecular weight is 380 g/mol. The van der Waals surface area contributed by atoms with Gasteiger partial charge in [-0.2, -0.15) is 0 Å². The zero-order chi connectivity index (χ0) is 17.0. The number of carbonyl (C=O) groups is 2. The number of benzene rings is 1. The Bertz CT molecular complexity index is 719. The molecule has 0 saturated heterocycles. The Labute approximate surface area is 143 Å². The van der Waals surface area contributed by atoms with E-state index in [1.54, 1.807) is 18.2 Å². The molecule has 2 aromatic rings. The fourth-order valence-electron chi connectivity index (χ4n) is 2.08. The first-order chi connectivity index (χ1) is 10.9. The number of nitrogens with zero attached hydrogens (tertiary/aromatic N) is 1. The summed E-state index contributed by atoms with van der Waals surface area (Å²) in [6.45, 7) is 3.26. The van der Waals surface area contributed by atoms with Crippen LogP contribution >= 0.6 is 15.9 Å². The number of Topliss-reactive ketones (excluding diaryl/α,β-unsaturated/α-hetero) is 1. The molecule has 23 heavy (non-hydrogen) atoms. The van der Waals surface area contributed by atoms with Crippen molar-refractivity contribution in [2.45, 2.75) is 13.8 Å². The molecule has 0 fully saturated rings. The van der Waals surface area contributed by atoms with Crippen molar-refractivity contribution >= 4 is 27.7 Å². The van der Waals surface area contributed by atoms with E-state index < -0.39 is 5.97 Å². The third-order valence-corrected chi connectivity index (χ3v) is 4.14. The van der Waals surface area contributed by atoms with Crippen LogP contribution in [0.3, 0.4) is 0 Å². The van der Waals surface area contributed by atoms with E-state index in [2.05, 4.69) is 15.9 Å². The Hall–Kier alpha value is -2.08. The number of rotatable bonds is 6. The Morgan fingerprint density at radius 3 is 2.35 bits per heavy atom. The van der Waals surface area contributed by atoms with Crippen molar-refractivity contribution in [1.82, 2.24) is 4.57 Å². The molecule has 2 rings (SSSR count). The van der Waals surface area contributed by atoms with E-state index in [1.165, 1.54) is 0 Å². The number of ketones is 1. The van der Waals surface area contributed by atoms with Crippen molar-refractivity contribution in [2.24, 2.45) is 7.05 Å². The monoisotopic (exact) mass is 379 g/mol. The first-order valence-corrected chi connectivity index (χ1v) is 7.88. The second-order valence-corrected chi connectivity index (χ2v) is 6.09. The summed E-state index contributed by atoms with van der Waals surface area (Å²) in [5.74, 6) is -0.235. The molecule has 0 bridgehead atoms. The summed E-state index contributed by atoms with van der Waals surface area (Å²) in [4.78, 5) is 23.8. The van der Waals surface area contributed by atoms with Crippen LogP contribution in [0.2, 0.25) is 0 Å². The number of ether oxygens (including phenoxy) is 2. The van der Waals surface area contributed by atoms with Crippen molar-refractivity contribution in [2.75, 3.05) is 13.2 Å². The largest absolute Gasteiger partial charge is 0.482 e. The van der Waals surface area contributed by atoms with E-state index in [9.17, 15) is 9.59 Å². The lowest BCUT2D eigenvalue weighted by Gasteiger charge is -2.07. The minimum atomic E-state index is -0.577. The van der Waals surface area contributed by atoms with Crippen LogP contribution in [0.1, 0.15) is 21.7 Å². The SMILES string of the molecule is Cc1cc(C(=O)COC(=O)COc2ccc(Br)cc2)c(C)n1C. The average Bonchev–Trinajstić information content (AvgIpc) is 2.79. The Kier molecular flexibility index (Phi) is 5.60. The molecule has 0 aliphatic heterocycles. The number of hydrogen-bond acceptors (Lipinski definition) is 4. The second-order valence-electron chi connectivity index (χ2n) is 5.17. The number of hydrogen-bond donors (Lipinski definition) is 0. The third kappa shape index (κ3) is 4.45. The van der Waals surface area contributed by atoms with Crippen LogP contribution in [-0.4, -0.2) is 29.5 Å². The second kappa shape index (κ2) is 7.46. The van der Waals surface area contributed by atoms with Gasteiger partial charge in [-0.05, 0) is 44.2 Å². The van der Waals surface area contributed by atoms with Gasteiger partial charge in [-0.1, -0.05) is 15.9 Å². The number of aryl methyl sites for hydroxylation is 1. The van der Waals surface area contributed by atoms with E-state index in [0.29, 0.717) is 11.3 Å². The lowest BCUT2D eigenvalue weighted by Crippen LogP contribution is -2.19. The Balaban J connectivity index is 1.83. The maximum atomic E-state index is 12.1. The molecular weight excluding hydrogens is 362 g/mol. The Morgan fingerprint density at radius 2 is 1.78 bits per heavy atom. The van der Waals surface area contributed by atoms with Gasteiger partial charge in [0.05, 0.1) is 0 Å². The van der Waals surface area contributed by atoms with Crippen molar-refractivity contribution in [3.63, 3.8) is 0 Å². The predicted molar refractivity (Wildman–Crippen MR) is 89.8 cm³/mol. The summed E-state index contributed by atoms with van der Waals surface area (Å²) in [5, 5.41) is 0. The molecule has 1 heterocycles.